The van der Waals surface area contributed by atoms with Gasteiger partial charge in [0.2, 0.25) is 0 Å². The van der Waals surface area contributed by atoms with E-state index in [2.05, 4.69) is 50.8 Å². The molecule has 0 unspecified atom stereocenters. The largest absolute Gasteiger partial charge is 0.333 e. The van der Waals surface area contributed by atoms with Gasteiger partial charge in [-0.15, -0.1) is 0 Å². The van der Waals surface area contributed by atoms with Crippen LogP contribution in [0.5, 0.6) is 0 Å². The first-order chi connectivity index (χ1) is 6.29. The first-order valence-corrected chi connectivity index (χ1v) is 5.21. The summed E-state index contributed by atoms with van der Waals surface area (Å²) in [6, 6.07) is 6.22. The molecule has 1 heterocycles. The second-order valence-electron chi connectivity index (χ2n) is 2.92. The van der Waals surface area contributed by atoms with E-state index in [9.17, 15) is 0 Å². The normalized spacial score (nSPS) is 10.9. The number of aromatic amines is 1. The highest BCUT2D eigenvalue weighted by Gasteiger charge is 2.00. The molecule has 4 heteroatoms. The van der Waals surface area contributed by atoms with Crippen LogP contribution in [0.3, 0.4) is 0 Å². The van der Waals surface area contributed by atoms with Crippen LogP contribution in [0.1, 0.15) is 5.56 Å². The van der Waals surface area contributed by atoms with E-state index in [4.69, 9.17) is 5.73 Å². The van der Waals surface area contributed by atoms with E-state index in [1.54, 1.807) is 0 Å². The van der Waals surface area contributed by atoms with Gasteiger partial charge in [-0.05, 0) is 53.3 Å². The maximum Gasteiger partial charge on any atom is 0.169 e. The van der Waals surface area contributed by atoms with E-state index in [0.29, 0.717) is 6.54 Å². The molecule has 0 aliphatic rings. The lowest BCUT2D eigenvalue weighted by molar-refractivity contribution is 0.970. The Labute approximate surface area is 89.9 Å². The molecule has 2 rings (SSSR count). The molecule has 0 atom stereocenters. The Bertz CT molecular complexity index is 422. The number of nitrogens with zero attached hydrogens (tertiary/aromatic N) is 1. The highest BCUT2D eigenvalue weighted by atomic mass is 127. The number of hydrogen-bond donors (Lipinski definition) is 2. The predicted octanol–water partition coefficient (Wildman–Crippen LogP) is 1.67. The molecular weight excluding hydrogens is 277 g/mol. The van der Waals surface area contributed by atoms with Gasteiger partial charge in [0.15, 0.2) is 3.83 Å². The van der Waals surface area contributed by atoms with Crippen LogP contribution in [-0.2, 0) is 6.42 Å². The molecule has 0 aliphatic heterocycles. The number of fused-ring (bicyclic) bond motifs is 1. The summed E-state index contributed by atoms with van der Waals surface area (Å²) in [7, 11) is 0. The smallest absolute Gasteiger partial charge is 0.169 e. The summed E-state index contributed by atoms with van der Waals surface area (Å²) in [6.45, 7) is 0.688. The third kappa shape index (κ3) is 1.83. The quantitative estimate of drug-likeness (QED) is 0.825. The van der Waals surface area contributed by atoms with Crippen LogP contribution >= 0.6 is 22.6 Å². The number of H-pyrrole nitrogens is 1. The standard InChI is InChI=1S/C9H10IN3/c10-9-12-7-2-1-6(3-4-11)5-8(7)13-9/h1-2,5H,3-4,11H2,(H,12,13). The summed E-state index contributed by atoms with van der Waals surface area (Å²) in [4.78, 5) is 7.52. The topological polar surface area (TPSA) is 54.7 Å². The highest BCUT2D eigenvalue weighted by Crippen LogP contribution is 2.14. The molecule has 0 radical (unpaired) electrons. The summed E-state index contributed by atoms with van der Waals surface area (Å²) < 4.78 is 0.928. The number of imidazole rings is 1. The zero-order chi connectivity index (χ0) is 9.26. The van der Waals surface area contributed by atoms with Crippen LogP contribution < -0.4 is 5.73 Å². The van der Waals surface area contributed by atoms with Crippen molar-refractivity contribution in [1.29, 1.82) is 0 Å². The Morgan fingerprint density at radius 1 is 1.46 bits per heavy atom. The van der Waals surface area contributed by atoms with E-state index in [0.717, 1.165) is 21.3 Å². The third-order valence-electron chi connectivity index (χ3n) is 1.95. The maximum absolute atomic E-state index is 5.48. The number of nitrogens with one attached hydrogen (secondary N) is 1. The van der Waals surface area contributed by atoms with Crippen LogP contribution in [0.15, 0.2) is 18.2 Å². The Hall–Kier alpha value is -0.620. The molecule has 0 bridgehead atoms. The molecule has 0 saturated heterocycles. The van der Waals surface area contributed by atoms with Crippen LogP contribution in [0, 0.1) is 3.83 Å². The molecule has 2 aromatic rings. The Morgan fingerprint density at radius 3 is 3.08 bits per heavy atom. The van der Waals surface area contributed by atoms with Gasteiger partial charge in [-0.25, -0.2) is 4.98 Å². The van der Waals surface area contributed by atoms with Gasteiger partial charge in [-0.1, -0.05) is 6.07 Å². The van der Waals surface area contributed by atoms with E-state index >= 15 is 0 Å². The molecule has 0 aliphatic carbocycles. The molecule has 3 nitrogen and oxygen atoms in total. The van der Waals surface area contributed by atoms with Crippen molar-refractivity contribution in [2.24, 2.45) is 5.73 Å². The zero-order valence-corrected chi connectivity index (χ0v) is 9.21. The second kappa shape index (κ2) is 3.63. The van der Waals surface area contributed by atoms with E-state index in [-0.39, 0.29) is 0 Å². The molecule has 1 aromatic heterocycles. The zero-order valence-electron chi connectivity index (χ0n) is 7.05. The first-order valence-electron chi connectivity index (χ1n) is 4.14. The molecule has 0 fully saturated rings. The lowest BCUT2D eigenvalue weighted by Gasteiger charge is -1.96. The fraction of sp³-hybridized carbons (Fsp3) is 0.222. The molecule has 0 spiro atoms. The van der Waals surface area contributed by atoms with Crippen molar-refractivity contribution in [1.82, 2.24) is 9.97 Å². The minimum atomic E-state index is 0.688. The van der Waals surface area contributed by atoms with Crippen molar-refractivity contribution in [3.63, 3.8) is 0 Å². The number of hydrogen-bond acceptors (Lipinski definition) is 2. The lowest BCUT2D eigenvalue weighted by Crippen LogP contribution is -2.02. The minimum Gasteiger partial charge on any atom is -0.333 e. The maximum atomic E-state index is 5.48. The number of rotatable bonds is 2. The van der Waals surface area contributed by atoms with Crippen molar-refractivity contribution >= 4 is 33.6 Å². The van der Waals surface area contributed by atoms with Gasteiger partial charge in [0, 0.05) is 0 Å². The van der Waals surface area contributed by atoms with Gasteiger partial charge < -0.3 is 10.7 Å². The molecule has 68 valence electrons. The molecule has 0 amide bonds. The van der Waals surface area contributed by atoms with Crippen molar-refractivity contribution in [3.8, 4) is 0 Å². The van der Waals surface area contributed by atoms with Crippen LogP contribution in [0.25, 0.3) is 11.0 Å². The van der Waals surface area contributed by atoms with Crippen molar-refractivity contribution in [3.05, 3.63) is 27.6 Å². The number of halogens is 1. The Kier molecular flexibility index (Phi) is 2.50. The fourth-order valence-corrected chi connectivity index (χ4v) is 1.89. The van der Waals surface area contributed by atoms with Crippen LogP contribution in [0.4, 0.5) is 0 Å². The second-order valence-corrected chi connectivity index (χ2v) is 3.94. The summed E-state index contributed by atoms with van der Waals surface area (Å²) >= 11 is 2.17. The third-order valence-corrected chi connectivity index (χ3v) is 2.46. The lowest BCUT2D eigenvalue weighted by atomic mass is 10.1. The molecular formula is C9H10IN3. The van der Waals surface area contributed by atoms with Crippen molar-refractivity contribution in [2.45, 2.75) is 6.42 Å². The average Bonchev–Trinajstić information content (AvgIpc) is 2.44. The van der Waals surface area contributed by atoms with Crippen LogP contribution in [-0.4, -0.2) is 16.5 Å². The van der Waals surface area contributed by atoms with E-state index < -0.39 is 0 Å². The number of nitrogens with two attached hydrogens (primary N) is 1. The Morgan fingerprint density at radius 2 is 2.31 bits per heavy atom. The fourth-order valence-electron chi connectivity index (χ4n) is 1.34. The first kappa shape index (κ1) is 8.96. The van der Waals surface area contributed by atoms with Crippen molar-refractivity contribution in [2.75, 3.05) is 6.54 Å². The summed E-state index contributed by atoms with van der Waals surface area (Å²) in [5.41, 5.74) is 8.84. The monoisotopic (exact) mass is 287 g/mol. The Balaban J connectivity index is 2.48. The predicted molar refractivity (Wildman–Crippen MR) is 61.6 cm³/mol. The average molecular weight is 287 g/mol. The number of aromatic nitrogens is 2. The van der Waals surface area contributed by atoms with Gasteiger partial charge in [-0.2, -0.15) is 0 Å². The summed E-state index contributed by atoms with van der Waals surface area (Å²) in [5.74, 6) is 0. The summed E-state index contributed by atoms with van der Waals surface area (Å²) in [6.07, 6.45) is 0.916. The highest BCUT2D eigenvalue weighted by molar-refractivity contribution is 14.1. The number of benzene rings is 1. The van der Waals surface area contributed by atoms with Gasteiger partial charge in [0.1, 0.15) is 0 Å². The van der Waals surface area contributed by atoms with E-state index in [1.165, 1.54) is 5.56 Å². The van der Waals surface area contributed by atoms with Gasteiger partial charge in [-0.3, -0.25) is 0 Å². The SMILES string of the molecule is NCCc1ccc2[nH]c(I)nc2c1. The summed E-state index contributed by atoms with van der Waals surface area (Å²) in [5, 5.41) is 0. The van der Waals surface area contributed by atoms with E-state index in [1.807, 2.05) is 0 Å². The van der Waals surface area contributed by atoms with Crippen molar-refractivity contribution < 1.29 is 0 Å². The van der Waals surface area contributed by atoms with Gasteiger partial charge in [0.25, 0.3) is 0 Å². The molecule has 13 heavy (non-hydrogen) atoms. The molecule has 3 N–H and O–H groups in total. The van der Waals surface area contributed by atoms with Gasteiger partial charge in [0.05, 0.1) is 11.0 Å². The van der Waals surface area contributed by atoms with Gasteiger partial charge >= 0.3 is 0 Å². The minimum absolute atomic E-state index is 0.688. The molecule has 1 aromatic carbocycles. The molecule has 0 saturated carbocycles. The van der Waals surface area contributed by atoms with Crippen LogP contribution in [0.2, 0.25) is 0 Å².